The summed E-state index contributed by atoms with van der Waals surface area (Å²) in [5.74, 6) is 0.918. The minimum atomic E-state index is -4.05. The lowest BCUT2D eigenvalue weighted by Gasteiger charge is -2.37. The van der Waals surface area contributed by atoms with E-state index in [-0.39, 0.29) is 27.8 Å². The fraction of sp³-hybridized carbons (Fsp3) is 0.312. The summed E-state index contributed by atoms with van der Waals surface area (Å²) in [7, 11) is -2.35. The normalized spacial score (nSPS) is 16.1. The zero-order valence-corrected chi connectivity index (χ0v) is 24.3. The molecule has 4 aromatic rings. The summed E-state index contributed by atoms with van der Waals surface area (Å²) in [4.78, 5) is 21.5. The molecule has 9 nitrogen and oxygen atoms in total. The highest BCUT2D eigenvalue weighted by atomic mass is 32.2. The number of pyridine rings is 1. The summed E-state index contributed by atoms with van der Waals surface area (Å²) >= 11 is 0. The first-order chi connectivity index (χ1) is 20.3. The van der Waals surface area contributed by atoms with Crippen LogP contribution in [0.5, 0.6) is 11.5 Å². The summed E-state index contributed by atoms with van der Waals surface area (Å²) in [5, 5.41) is 11.4. The molecule has 2 fully saturated rings. The van der Waals surface area contributed by atoms with Crippen molar-refractivity contribution < 1.29 is 23.1 Å². The lowest BCUT2D eigenvalue weighted by molar-refractivity contribution is 0.0746. The quantitative estimate of drug-likeness (QED) is 0.280. The van der Waals surface area contributed by atoms with E-state index in [9.17, 15) is 18.3 Å². The first kappa shape index (κ1) is 27.8. The van der Waals surface area contributed by atoms with Gasteiger partial charge in [-0.05, 0) is 66.8 Å². The monoisotopic (exact) mass is 586 g/mol. The molecule has 1 aliphatic heterocycles. The van der Waals surface area contributed by atoms with Gasteiger partial charge in [0.05, 0.1) is 24.0 Å². The number of para-hydroxylation sites is 1. The van der Waals surface area contributed by atoms with Crippen molar-refractivity contribution in [3.05, 3.63) is 84.1 Å². The van der Waals surface area contributed by atoms with Crippen molar-refractivity contribution in [3.63, 3.8) is 0 Å². The third-order valence-electron chi connectivity index (χ3n) is 8.31. The Hall–Kier alpha value is -4.31. The predicted octanol–water partition coefficient (Wildman–Crippen LogP) is 5.37. The molecule has 1 saturated heterocycles. The molecule has 1 saturated carbocycles. The van der Waals surface area contributed by atoms with Crippen molar-refractivity contribution in [2.45, 2.75) is 36.5 Å². The second-order valence-corrected chi connectivity index (χ2v) is 12.5. The van der Waals surface area contributed by atoms with Crippen LogP contribution in [0.2, 0.25) is 0 Å². The molecule has 0 atom stereocenters. The van der Waals surface area contributed by atoms with Gasteiger partial charge < -0.3 is 19.6 Å². The van der Waals surface area contributed by atoms with Crippen molar-refractivity contribution in [2.75, 3.05) is 42.9 Å². The Balaban J connectivity index is 1.12. The van der Waals surface area contributed by atoms with E-state index >= 15 is 0 Å². The number of phenolic OH excluding ortho intramolecular Hbond substituents is 1. The van der Waals surface area contributed by atoms with Gasteiger partial charge in [0.2, 0.25) is 0 Å². The number of aromatic hydroxyl groups is 1. The van der Waals surface area contributed by atoms with E-state index < -0.39 is 10.0 Å². The Bertz CT molecular complexity index is 1720. The Morgan fingerprint density at radius 2 is 1.74 bits per heavy atom. The predicted molar refractivity (Wildman–Crippen MR) is 163 cm³/mol. The van der Waals surface area contributed by atoms with Gasteiger partial charge in [0.1, 0.15) is 16.4 Å². The van der Waals surface area contributed by atoms with Crippen LogP contribution in [-0.2, 0) is 10.0 Å². The number of anilines is 2. The standard InChI is InChI=1S/C32H34N4O5S/c1-41-29-21-24(22-6-2-3-7-22)12-14-27(29)35-16-18-36(19-17-35)32(38)25-11-13-26(28(37)20-25)34-42(39,40)30-10-4-8-23-9-5-15-33-31(23)30/h4-5,8-15,20-22,34,37H,2-3,6-7,16-19H2,1H3. The molecule has 218 valence electrons. The number of fused-ring (bicyclic) bond motifs is 1. The molecule has 0 radical (unpaired) electrons. The molecule has 0 unspecified atom stereocenters. The van der Waals surface area contributed by atoms with Crippen LogP contribution in [0.25, 0.3) is 10.9 Å². The minimum absolute atomic E-state index is 0.00262. The molecule has 1 aliphatic carbocycles. The van der Waals surface area contributed by atoms with Gasteiger partial charge in [-0.3, -0.25) is 14.5 Å². The molecule has 2 N–H and O–H groups in total. The van der Waals surface area contributed by atoms with Gasteiger partial charge in [-0.1, -0.05) is 37.1 Å². The maximum absolute atomic E-state index is 13.3. The number of amides is 1. The van der Waals surface area contributed by atoms with Crippen LogP contribution in [-0.4, -0.2) is 62.6 Å². The topological polar surface area (TPSA) is 112 Å². The second kappa shape index (κ2) is 11.5. The first-order valence-electron chi connectivity index (χ1n) is 14.3. The molecule has 1 aromatic heterocycles. The molecule has 0 spiro atoms. The van der Waals surface area contributed by atoms with Gasteiger partial charge in [-0.15, -0.1) is 0 Å². The Morgan fingerprint density at radius 3 is 2.48 bits per heavy atom. The van der Waals surface area contributed by atoms with Crippen LogP contribution in [0.15, 0.2) is 77.8 Å². The molecular weight excluding hydrogens is 552 g/mol. The molecular formula is C32H34N4O5S. The van der Waals surface area contributed by atoms with Gasteiger partial charge in [-0.25, -0.2) is 8.42 Å². The molecule has 1 amide bonds. The zero-order chi connectivity index (χ0) is 29.3. The van der Waals surface area contributed by atoms with Gasteiger partial charge in [0.25, 0.3) is 15.9 Å². The summed E-state index contributed by atoms with van der Waals surface area (Å²) < 4.78 is 34.5. The van der Waals surface area contributed by atoms with Crippen molar-refractivity contribution in [1.29, 1.82) is 0 Å². The summed E-state index contributed by atoms with van der Waals surface area (Å²) in [5.41, 5.74) is 2.97. The molecule has 0 bridgehead atoms. The summed E-state index contributed by atoms with van der Waals surface area (Å²) in [6.45, 7) is 2.31. The number of benzene rings is 3. The SMILES string of the molecule is COc1cc(C2CCCC2)ccc1N1CCN(C(=O)c2ccc(NS(=O)(=O)c3cccc4cccnc34)c(O)c2)CC1. The first-order valence-corrected chi connectivity index (χ1v) is 15.7. The number of nitrogens with one attached hydrogen (secondary N) is 1. The largest absolute Gasteiger partial charge is 0.506 e. The van der Waals surface area contributed by atoms with E-state index in [1.54, 1.807) is 36.3 Å². The van der Waals surface area contributed by atoms with Crippen LogP contribution >= 0.6 is 0 Å². The molecule has 10 heteroatoms. The third-order valence-corrected chi connectivity index (χ3v) is 9.71. The van der Waals surface area contributed by atoms with Crippen molar-refractivity contribution in [1.82, 2.24) is 9.88 Å². The lowest BCUT2D eigenvalue weighted by atomic mass is 9.97. The Morgan fingerprint density at radius 1 is 0.976 bits per heavy atom. The summed E-state index contributed by atoms with van der Waals surface area (Å²) in [6.07, 6.45) is 6.55. The molecule has 42 heavy (non-hydrogen) atoms. The van der Waals surface area contributed by atoms with Crippen LogP contribution in [0.3, 0.4) is 0 Å². The van der Waals surface area contributed by atoms with Gasteiger partial charge >= 0.3 is 0 Å². The van der Waals surface area contributed by atoms with Crippen molar-refractivity contribution >= 4 is 38.2 Å². The number of carbonyl (C=O) groups is 1. The highest BCUT2D eigenvalue weighted by Crippen LogP contribution is 2.39. The number of carbonyl (C=O) groups excluding carboxylic acids is 1. The van der Waals surface area contributed by atoms with Gasteiger partial charge in [0.15, 0.2) is 0 Å². The zero-order valence-electron chi connectivity index (χ0n) is 23.5. The van der Waals surface area contributed by atoms with Crippen LogP contribution in [0.4, 0.5) is 11.4 Å². The molecule has 6 rings (SSSR count). The smallest absolute Gasteiger partial charge is 0.264 e. The lowest BCUT2D eigenvalue weighted by Crippen LogP contribution is -2.48. The van der Waals surface area contributed by atoms with Crippen LogP contribution in [0, 0.1) is 0 Å². The number of hydrogen-bond acceptors (Lipinski definition) is 7. The molecule has 2 aliphatic rings. The number of hydrogen-bond donors (Lipinski definition) is 2. The molecule has 3 aromatic carbocycles. The van der Waals surface area contributed by atoms with Crippen molar-refractivity contribution in [2.24, 2.45) is 0 Å². The highest BCUT2D eigenvalue weighted by Gasteiger charge is 2.26. The third kappa shape index (κ3) is 5.46. The number of phenols is 1. The average Bonchev–Trinajstić information content (AvgIpc) is 3.56. The van der Waals surface area contributed by atoms with Crippen LogP contribution < -0.4 is 14.4 Å². The number of aromatic nitrogens is 1. The van der Waals surface area contributed by atoms with E-state index in [0.717, 1.165) is 11.4 Å². The van der Waals surface area contributed by atoms with E-state index in [1.807, 2.05) is 0 Å². The maximum atomic E-state index is 13.3. The minimum Gasteiger partial charge on any atom is -0.506 e. The van der Waals surface area contributed by atoms with Gasteiger partial charge in [-0.2, -0.15) is 0 Å². The number of piperazine rings is 1. The van der Waals surface area contributed by atoms with Gasteiger partial charge in [0, 0.05) is 43.3 Å². The van der Waals surface area contributed by atoms with E-state index in [4.69, 9.17) is 4.74 Å². The fourth-order valence-electron chi connectivity index (χ4n) is 6.05. The number of rotatable bonds is 7. The number of nitrogens with zero attached hydrogens (tertiary/aromatic N) is 3. The second-order valence-electron chi connectivity index (χ2n) is 10.9. The van der Waals surface area contributed by atoms with Crippen LogP contribution in [0.1, 0.15) is 47.5 Å². The fourth-order valence-corrected chi connectivity index (χ4v) is 7.30. The number of sulfonamides is 1. The average molecular weight is 587 g/mol. The Labute approximate surface area is 245 Å². The number of ether oxygens (including phenoxy) is 1. The number of methoxy groups -OCH3 is 1. The Kier molecular flexibility index (Phi) is 7.64. The summed E-state index contributed by atoms with van der Waals surface area (Å²) in [6, 6.07) is 19.1. The van der Waals surface area contributed by atoms with E-state index in [1.165, 1.54) is 61.7 Å². The highest BCUT2D eigenvalue weighted by molar-refractivity contribution is 7.93. The van der Waals surface area contributed by atoms with E-state index in [0.29, 0.717) is 43.0 Å². The van der Waals surface area contributed by atoms with Crippen molar-refractivity contribution in [3.8, 4) is 11.5 Å². The van der Waals surface area contributed by atoms with E-state index in [2.05, 4.69) is 32.8 Å². The molecule has 2 heterocycles. The maximum Gasteiger partial charge on any atom is 0.264 e.